The Kier molecular flexibility index (Phi) is 7.84. The van der Waals surface area contributed by atoms with E-state index in [1.165, 1.54) is 0 Å². The number of piperazine rings is 1. The van der Waals surface area contributed by atoms with Gasteiger partial charge in [-0.3, -0.25) is 5.10 Å². The molecule has 5 rings (SSSR count). The average molecular weight is 490 g/mol. The molecule has 1 aliphatic rings. The highest BCUT2D eigenvalue weighted by molar-refractivity contribution is 5.61. The van der Waals surface area contributed by atoms with Crippen LogP contribution in [0.3, 0.4) is 0 Å². The topological polar surface area (TPSA) is 120 Å². The number of aromatic nitrogens is 5. The van der Waals surface area contributed by atoms with Crippen LogP contribution >= 0.6 is 0 Å². The van der Waals surface area contributed by atoms with Gasteiger partial charge in [0.25, 0.3) is 0 Å². The Morgan fingerprint density at radius 3 is 2.69 bits per heavy atom. The van der Waals surface area contributed by atoms with Crippen LogP contribution in [0.15, 0.2) is 53.1 Å². The Hall–Kier alpha value is -3.92. The van der Waals surface area contributed by atoms with Crippen molar-refractivity contribution in [3.8, 4) is 11.3 Å². The van der Waals surface area contributed by atoms with Gasteiger partial charge in [-0.1, -0.05) is 56.8 Å². The summed E-state index contributed by atoms with van der Waals surface area (Å²) in [5.74, 6) is 3.83. The van der Waals surface area contributed by atoms with Crippen molar-refractivity contribution < 1.29 is 4.52 Å². The molecule has 190 valence electrons. The van der Waals surface area contributed by atoms with E-state index in [0.29, 0.717) is 36.0 Å². The zero-order chi connectivity index (χ0) is 24.2. The Morgan fingerprint density at radius 2 is 1.94 bits per heavy atom. The fourth-order valence-electron chi connectivity index (χ4n) is 4.01. The van der Waals surface area contributed by atoms with Crippen molar-refractivity contribution in [2.75, 3.05) is 35.2 Å². The molecule has 1 fully saturated rings. The van der Waals surface area contributed by atoms with Gasteiger partial charge in [0.15, 0.2) is 11.6 Å². The third-order valence-electron chi connectivity index (χ3n) is 5.93. The molecule has 4 aromatic rings. The van der Waals surface area contributed by atoms with Crippen molar-refractivity contribution >= 4 is 23.4 Å². The maximum atomic E-state index is 5.54. The van der Waals surface area contributed by atoms with Gasteiger partial charge in [-0.05, 0) is 12.8 Å². The van der Waals surface area contributed by atoms with Gasteiger partial charge in [-0.2, -0.15) is 15.1 Å². The molecule has 1 aliphatic heterocycles. The van der Waals surface area contributed by atoms with Crippen molar-refractivity contribution in [3.05, 3.63) is 60.0 Å². The lowest BCUT2D eigenvalue weighted by Crippen LogP contribution is -2.49. The zero-order valence-electron chi connectivity index (χ0n) is 20.2. The highest BCUT2D eigenvalue weighted by Crippen LogP contribution is 2.24. The summed E-state index contributed by atoms with van der Waals surface area (Å²) < 4.78 is 5.54. The van der Waals surface area contributed by atoms with Crippen LogP contribution in [0.4, 0.5) is 23.4 Å². The van der Waals surface area contributed by atoms with Crippen LogP contribution in [-0.2, 0) is 6.54 Å². The molecule has 3 aromatic heterocycles. The smallest absolute Gasteiger partial charge is 0.227 e. The third-order valence-corrected chi connectivity index (χ3v) is 5.93. The first-order valence-corrected chi connectivity index (χ1v) is 12.0. The van der Waals surface area contributed by atoms with E-state index in [2.05, 4.69) is 62.0 Å². The van der Waals surface area contributed by atoms with Gasteiger partial charge in [0.2, 0.25) is 5.95 Å². The first-order valence-electron chi connectivity index (χ1n) is 12.0. The Balaban J connectivity index is 0.00000304. The second-order valence-electron chi connectivity index (χ2n) is 9.12. The molecule has 0 saturated carbocycles. The quantitative estimate of drug-likeness (QED) is 0.277. The number of H-pyrrole nitrogens is 1. The first kappa shape index (κ1) is 25.2. The standard InChI is InChI=1S/C25H31N9O.CH4/c1-16(2)20-12-23(32-31-20)28-22-13-24(34-10-9-26-17(3)15-34)30-25(29-22)27-14-19-11-21(33-35-19)18-7-5-4-6-8-18;/h4-8,11-13,16-17,26H,9-10,14-15H2,1-3H3,(H3,27,28,29,30,31,32);1H4/t17-;/m0./s1. The summed E-state index contributed by atoms with van der Waals surface area (Å²) in [7, 11) is 0. The number of anilines is 4. The minimum Gasteiger partial charge on any atom is -0.359 e. The molecule has 1 saturated heterocycles. The fraction of sp³-hybridized carbons (Fsp3) is 0.385. The molecule has 10 heteroatoms. The summed E-state index contributed by atoms with van der Waals surface area (Å²) >= 11 is 0. The molecule has 0 spiro atoms. The van der Waals surface area contributed by atoms with Crippen LogP contribution in [0.5, 0.6) is 0 Å². The second-order valence-corrected chi connectivity index (χ2v) is 9.12. The van der Waals surface area contributed by atoms with Gasteiger partial charge in [0.05, 0.1) is 6.54 Å². The van der Waals surface area contributed by atoms with E-state index in [1.807, 2.05) is 48.5 Å². The van der Waals surface area contributed by atoms with Crippen molar-refractivity contribution in [3.63, 3.8) is 0 Å². The number of hydrogen-bond acceptors (Lipinski definition) is 9. The molecule has 0 unspecified atom stereocenters. The van der Waals surface area contributed by atoms with E-state index in [1.54, 1.807) is 0 Å². The zero-order valence-corrected chi connectivity index (χ0v) is 20.2. The second kappa shape index (κ2) is 11.2. The first-order chi connectivity index (χ1) is 17.0. The summed E-state index contributed by atoms with van der Waals surface area (Å²) in [5.41, 5.74) is 2.88. The number of aromatic amines is 1. The molecule has 0 radical (unpaired) electrons. The van der Waals surface area contributed by atoms with Crippen LogP contribution in [0.25, 0.3) is 11.3 Å². The van der Waals surface area contributed by atoms with Gasteiger partial charge in [0.1, 0.15) is 17.3 Å². The lowest BCUT2D eigenvalue weighted by Gasteiger charge is -2.33. The summed E-state index contributed by atoms with van der Waals surface area (Å²) in [6.07, 6.45) is 0. The van der Waals surface area contributed by atoms with Crippen LogP contribution in [-0.4, -0.2) is 51.0 Å². The van der Waals surface area contributed by atoms with Gasteiger partial charge >= 0.3 is 0 Å². The summed E-state index contributed by atoms with van der Waals surface area (Å²) in [5, 5.41) is 21.7. The molecule has 4 heterocycles. The number of nitrogens with one attached hydrogen (secondary N) is 4. The lowest BCUT2D eigenvalue weighted by molar-refractivity contribution is 0.390. The van der Waals surface area contributed by atoms with E-state index >= 15 is 0 Å². The molecule has 10 nitrogen and oxygen atoms in total. The van der Waals surface area contributed by atoms with Crippen molar-refractivity contribution in [1.82, 2.24) is 30.6 Å². The average Bonchev–Trinajstić information content (AvgIpc) is 3.53. The highest BCUT2D eigenvalue weighted by atomic mass is 16.5. The molecule has 1 aromatic carbocycles. The minimum atomic E-state index is 0. The van der Waals surface area contributed by atoms with Crippen LogP contribution in [0.1, 0.15) is 45.6 Å². The predicted octanol–water partition coefficient (Wildman–Crippen LogP) is 4.77. The maximum absolute atomic E-state index is 5.54. The fourth-order valence-corrected chi connectivity index (χ4v) is 4.01. The van der Waals surface area contributed by atoms with Gasteiger partial charge in [0, 0.05) is 55.1 Å². The summed E-state index contributed by atoms with van der Waals surface area (Å²) in [6, 6.07) is 16.3. The molecular formula is C26H35N9O. The van der Waals surface area contributed by atoms with E-state index in [-0.39, 0.29) is 7.43 Å². The molecule has 36 heavy (non-hydrogen) atoms. The third kappa shape index (κ3) is 6.01. The Bertz CT molecular complexity index is 1250. The molecule has 4 N–H and O–H groups in total. The van der Waals surface area contributed by atoms with E-state index in [0.717, 1.165) is 48.2 Å². The largest absolute Gasteiger partial charge is 0.359 e. The van der Waals surface area contributed by atoms with Crippen molar-refractivity contribution in [1.29, 1.82) is 0 Å². The lowest BCUT2D eigenvalue weighted by atomic mass is 10.1. The van der Waals surface area contributed by atoms with Crippen LogP contribution in [0, 0.1) is 0 Å². The molecule has 0 aliphatic carbocycles. The number of benzene rings is 1. The molecule has 0 bridgehead atoms. The van der Waals surface area contributed by atoms with Crippen LogP contribution < -0.4 is 20.9 Å². The minimum absolute atomic E-state index is 0. The van der Waals surface area contributed by atoms with Crippen LogP contribution in [0.2, 0.25) is 0 Å². The summed E-state index contributed by atoms with van der Waals surface area (Å²) in [6.45, 7) is 9.51. The number of nitrogens with zero attached hydrogens (tertiary/aromatic N) is 5. The van der Waals surface area contributed by atoms with E-state index in [9.17, 15) is 0 Å². The normalized spacial score (nSPS) is 15.6. The van der Waals surface area contributed by atoms with E-state index in [4.69, 9.17) is 9.51 Å². The van der Waals surface area contributed by atoms with E-state index < -0.39 is 0 Å². The SMILES string of the molecule is C.CC(C)c1cc(Nc2cc(N3CCN[C@@H](C)C3)nc(NCc3cc(-c4ccccc4)no3)n2)n[nH]1. The summed E-state index contributed by atoms with van der Waals surface area (Å²) in [4.78, 5) is 11.7. The van der Waals surface area contributed by atoms with Gasteiger partial charge < -0.3 is 25.4 Å². The van der Waals surface area contributed by atoms with Gasteiger partial charge in [-0.15, -0.1) is 0 Å². The van der Waals surface area contributed by atoms with Crippen molar-refractivity contribution in [2.45, 2.75) is 46.7 Å². The Morgan fingerprint density at radius 1 is 1.11 bits per heavy atom. The molecular weight excluding hydrogens is 454 g/mol. The van der Waals surface area contributed by atoms with Crippen molar-refractivity contribution in [2.24, 2.45) is 0 Å². The highest BCUT2D eigenvalue weighted by Gasteiger charge is 2.19. The van der Waals surface area contributed by atoms with Gasteiger partial charge in [-0.25, -0.2) is 0 Å². The number of rotatable bonds is 8. The molecule has 0 amide bonds. The predicted molar refractivity (Wildman–Crippen MR) is 144 cm³/mol. The molecule has 1 atom stereocenters. The maximum Gasteiger partial charge on any atom is 0.227 e. The Labute approximate surface area is 211 Å². The monoisotopic (exact) mass is 489 g/mol. The number of hydrogen-bond donors (Lipinski definition) is 4.